The van der Waals surface area contributed by atoms with Gasteiger partial charge in [-0.25, -0.2) is 0 Å². The number of hydrogen-bond donors (Lipinski definition) is 1. The fourth-order valence-electron chi connectivity index (χ4n) is 2.83. The molecule has 1 atom stereocenters. The van der Waals surface area contributed by atoms with Crippen LogP contribution < -0.4 is 5.32 Å². The molecular formula is C22H25ClN2O2. The molecule has 0 bridgehead atoms. The summed E-state index contributed by atoms with van der Waals surface area (Å²) >= 11 is 5.96. The highest BCUT2D eigenvalue weighted by Crippen LogP contribution is 2.17. The third-order valence-corrected chi connectivity index (χ3v) is 4.51. The van der Waals surface area contributed by atoms with Gasteiger partial charge in [0.1, 0.15) is 6.04 Å². The molecule has 0 spiro atoms. The van der Waals surface area contributed by atoms with Gasteiger partial charge in [-0.2, -0.15) is 0 Å². The number of hydrogen-bond acceptors (Lipinski definition) is 2. The normalized spacial score (nSPS) is 11.5. The fourth-order valence-corrected chi connectivity index (χ4v) is 2.96. The maximum atomic E-state index is 12.8. The molecule has 2 aromatic carbocycles. The van der Waals surface area contributed by atoms with E-state index >= 15 is 0 Å². The predicted molar refractivity (Wildman–Crippen MR) is 109 cm³/mol. The van der Waals surface area contributed by atoms with Crippen molar-refractivity contribution in [3.63, 3.8) is 0 Å². The van der Waals surface area contributed by atoms with Crippen molar-refractivity contribution in [2.45, 2.75) is 32.4 Å². The SMILES string of the molecule is C=CCNC(=O)[C@@H](Cc1ccccc1)N(Cc1ccc(Cl)cc1)C(=O)CC. The highest BCUT2D eigenvalue weighted by Gasteiger charge is 2.29. The molecule has 0 aliphatic carbocycles. The van der Waals surface area contributed by atoms with Gasteiger partial charge in [-0.05, 0) is 23.3 Å². The molecule has 0 aliphatic rings. The summed E-state index contributed by atoms with van der Waals surface area (Å²) in [7, 11) is 0. The molecule has 5 heteroatoms. The Morgan fingerprint density at radius 1 is 1.11 bits per heavy atom. The van der Waals surface area contributed by atoms with Gasteiger partial charge >= 0.3 is 0 Å². The minimum Gasteiger partial charge on any atom is -0.351 e. The second-order valence-corrected chi connectivity index (χ2v) is 6.68. The number of rotatable bonds is 9. The summed E-state index contributed by atoms with van der Waals surface area (Å²) in [5.41, 5.74) is 1.93. The van der Waals surface area contributed by atoms with E-state index in [-0.39, 0.29) is 11.8 Å². The molecule has 142 valence electrons. The molecule has 2 rings (SSSR count). The molecule has 0 radical (unpaired) electrons. The van der Waals surface area contributed by atoms with Crippen LogP contribution in [0.4, 0.5) is 0 Å². The first-order valence-electron chi connectivity index (χ1n) is 9.01. The first kappa shape index (κ1) is 20.7. The molecule has 27 heavy (non-hydrogen) atoms. The maximum absolute atomic E-state index is 12.8. The van der Waals surface area contributed by atoms with Gasteiger partial charge in [-0.1, -0.05) is 67.1 Å². The number of amides is 2. The lowest BCUT2D eigenvalue weighted by molar-refractivity contribution is -0.140. The Morgan fingerprint density at radius 2 is 1.78 bits per heavy atom. The minimum atomic E-state index is -0.601. The molecule has 0 saturated carbocycles. The van der Waals surface area contributed by atoms with Crippen LogP contribution in [0.2, 0.25) is 5.02 Å². The van der Waals surface area contributed by atoms with E-state index in [4.69, 9.17) is 11.6 Å². The Morgan fingerprint density at radius 3 is 2.37 bits per heavy atom. The summed E-state index contributed by atoms with van der Waals surface area (Å²) in [5.74, 6) is -0.255. The van der Waals surface area contributed by atoms with E-state index in [0.717, 1.165) is 11.1 Å². The van der Waals surface area contributed by atoms with Crippen LogP contribution in [0, 0.1) is 0 Å². The summed E-state index contributed by atoms with van der Waals surface area (Å²) < 4.78 is 0. The van der Waals surface area contributed by atoms with Crippen molar-refractivity contribution in [2.24, 2.45) is 0 Å². The summed E-state index contributed by atoms with van der Waals surface area (Å²) in [4.78, 5) is 27.2. The van der Waals surface area contributed by atoms with Crippen LogP contribution in [0.15, 0.2) is 67.3 Å². The maximum Gasteiger partial charge on any atom is 0.243 e. The van der Waals surface area contributed by atoms with Gasteiger partial charge in [0, 0.05) is 31.0 Å². The van der Waals surface area contributed by atoms with Crippen LogP contribution in [-0.2, 0) is 22.6 Å². The Balaban J connectivity index is 2.31. The van der Waals surface area contributed by atoms with Gasteiger partial charge in [-0.3, -0.25) is 9.59 Å². The number of benzene rings is 2. The second kappa shape index (κ2) is 10.5. The molecule has 0 unspecified atom stereocenters. The largest absolute Gasteiger partial charge is 0.351 e. The van der Waals surface area contributed by atoms with Crippen LogP contribution >= 0.6 is 11.6 Å². The van der Waals surface area contributed by atoms with Crippen LogP contribution in [-0.4, -0.2) is 29.3 Å². The molecule has 1 N–H and O–H groups in total. The van der Waals surface area contributed by atoms with Crippen molar-refractivity contribution >= 4 is 23.4 Å². The van der Waals surface area contributed by atoms with Crippen molar-refractivity contribution in [3.05, 3.63) is 83.4 Å². The second-order valence-electron chi connectivity index (χ2n) is 6.24. The topological polar surface area (TPSA) is 49.4 Å². The summed E-state index contributed by atoms with van der Waals surface area (Å²) in [6, 6.07) is 16.4. The smallest absolute Gasteiger partial charge is 0.243 e. The third kappa shape index (κ3) is 6.26. The molecule has 0 fully saturated rings. The van der Waals surface area contributed by atoms with Crippen molar-refractivity contribution < 1.29 is 9.59 Å². The monoisotopic (exact) mass is 384 g/mol. The summed E-state index contributed by atoms with van der Waals surface area (Å²) in [6.07, 6.45) is 2.40. The van der Waals surface area contributed by atoms with E-state index < -0.39 is 6.04 Å². The number of carbonyl (C=O) groups excluding carboxylic acids is 2. The number of nitrogens with one attached hydrogen (secondary N) is 1. The molecule has 0 saturated heterocycles. The average Bonchev–Trinajstić information content (AvgIpc) is 2.70. The Labute approximate surface area is 165 Å². The number of halogens is 1. The van der Waals surface area contributed by atoms with Crippen molar-refractivity contribution in [1.82, 2.24) is 10.2 Å². The number of nitrogens with zero attached hydrogens (tertiary/aromatic N) is 1. The summed E-state index contributed by atoms with van der Waals surface area (Å²) in [5, 5.41) is 3.47. The van der Waals surface area contributed by atoms with Gasteiger partial charge in [0.2, 0.25) is 11.8 Å². The zero-order valence-electron chi connectivity index (χ0n) is 15.5. The van der Waals surface area contributed by atoms with E-state index in [1.54, 1.807) is 30.0 Å². The van der Waals surface area contributed by atoms with E-state index in [9.17, 15) is 9.59 Å². The molecule has 0 heterocycles. The number of carbonyl (C=O) groups is 2. The standard InChI is InChI=1S/C22H25ClN2O2/c1-3-14-24-22(27)20(15-17-8-6-5-7-9-17)25(21(26)4-2)16-18-10-12-19(23)13-11-18/h3,5-13,20H,1,4,14-16H2,2H3,(H,24,27)/t20-/m1/s1. The van der Waals surface area contributed by atoms with Gasteiger partial charge in [-0.15, -0.1) is 6.58 Å². The van der Waals surface area contributed by atoms with Crippen molar-refractivity contribution in [1.29, 1.82) is 0 Å². The quantitative estimate of drug-likeness (QED) is 0.664. The predicted octanol–water partition coefficient (Wildman–Crippen LogP) is 3.99. The lowest BCUT2D eigenvalue weighted by Gasteiger charge is -2.31. The minimum absolute atomic E-state index is 0.0698. The molecule has 0 aromatic heterocycles. The van der Waals surface area contributed by atoms with E-state index in [1.165, 1.54) is 0 Å². The lowest BCUT2D eigenvalue weighted by atomic mass is 10.0. The molecule has 0 aliphatic heterocycles. The zero-order chi connectivity index (χ0) is 19.6. The Kier molecular flexibility index (Phi) is 8.08. The third-order valence-electron chi connectivity index (χ3n) is 4.26. The van der Waals surface area contributed by atoms with Gasteiger partial charge in [0.05, 0.1) is 0 Å². The van der Waals surface area contributed by atoms with Crippen LogP contribution in [0.25, 0.3) is 0 Å². The summed E-state index contributed by atoms with van der Waals surface area (Å²) in [6.45, 7) is 6.15. The van der Waals surface area contributed by atoms with Gasteiger partial charge in [0.25, 0.3) is 0 Å². The van der Waals surface area contributed by atoms with Crippen LogP contribution in [0.3, 0.4) is 0 Å². The Bertz CT molecular complexity index is 760. The lowest BCUT2D eigenvalue weighted by Crippen LogP contribution is -2.50. The molecule has 2 aromatic rings. The van der Waals surface area contributed by atoms with Crippen LogP contribution in [0.1, 0.15) is 24.5 Å². The first-order valence-corrected chi connectivity index (χ1v) is 9.39. The van der Waals surface area contributed by atoms with Gasteiger partial charge in [0.15, 0.2) is 0 Å². The van der Waals surface area contributed by atoms with E-state index in [1.807, 2.05) is 42.5 Å². The Hall–Kier alpha value is -2.59. The van der Waals surface area contributed by atoms with E-state index in [0.29, 0.717) is 31.0 Å². The first-order chi connectivity index (χ1) is 13.0. The molecular weight excluding hydrogens is 360 g/mol. The van der Waals surface area contributed by atoms with Crippen molar-refractivity contribution in [2.75, 3.05) is 6.54 Å². The highest BCUT2D eigenvalue weighted by atomic mass is 35.5. The van der Waals surface area contributed by atoms with E-state index in [2.05, 4.69) is 11.9 Å². The van der Waals surface area contributed by atoms with Gasteiger partial charge < -0.3 is 10.2 Å². The van der Waals surface area contributed by atoms with Crippen molar-refractivity contribution in [3.8, 4) is 0 Å². The highest BCUT2D eigenvalue weighted by molar-refractivity contribution is 6.30. The van der Waals surface area contributed by atoms with Crippen LogP contribution in [0.5, 0.6) is 0 Å². The zero-order valence-corrected chi connectivity index (χ0v) is 16.3. The fraction of sp³-hybridized carbons (Fsp3) is 0.273. The molecule has 4 nitrogen and oxygen atoms in total. The average molecular weight is 385 g/mol. The molecule has 2 amide bonds.